The van der Waals surface area contributed by atoms with Gasteiger partial charge in [0.15, 0.2) is 0 Å². The van der Waals surface area contributed by atoms with Crippen molar-refractivity contribution < 1.29 is 8.42 Å². The van der Waals surface area contributed by atoms with E-state index in [4.69, 9.17) is 11.6 Å². The van der Waals surface area contributed by atoms with Crippen LogP contribution in [-0.2, 0) is 16.6 Å². The van der Waals surface area contributed by atoms with E-state index < -0.39 is 10.0 Å². The molecule has 0 saturated heterocycles. The molecule has 0 radical (unpaired) electrons. The van der Waals surface area contributed by atoms with Gasteiger partial charge in [-0.05, 0) is 19.1 Å². The Kier molecular flexibility index (Phi) is 3.65. The maximum Gasteiger partial charge on any atom is 0.243 e. The van der Waals surface area contributed by atoms with Gasteiger partial charge >= 0.3 is 0 Å². The molecule has 2 aromatic rings. The van der Waals surface area contributed by atoms with Crippen LogP contribution >= 0.6 is 11.6 Å². The number of halogens is 1. The number of rotatable bonds is 4. The predicted octanol–water partition coefficient (Wildman–Crippen LogP) is 1.25. The Labute approximate surface area is 109 Å². The van der Waals surface area contributed by atoms with Crippen LogP contribution in [-0.4, -0.2) is 23.6 Å². The van der Waals surface area contributed by atoms with Gasteiger partial charge in [-0.2, -0.15) is 5.10 Å². The average molecular weight is 287 g/mol. The third kappa shape index (κ3) is 2.69. The summed E-state index contributed by atoms with van der Waals surface area (Å²) in [6.45, 7) is 1.96. The quantitative estimate of drug-likeness (QED) is 0.828. The Morgan fingerprint density at radius 3 is 2.89 bits per heavy atom. The second-order valence-corrected chi connectivity index (χ2v) is 5.73. The maximum absolute atomic E-state index is 12.0. The van der Waals surface area contributed by atoms with E-state index in [1.807, 2.05) is 6.92 Å². The number of H-pyrrole nitrogens is 1. The van der Waals surface area contributed by atoms with Gasteiger partial charge in [-0.15, -0.1) is 0 Å². The lowest BCUT2D eigenvalue weighted by atomic mass is 10.3. The van der Waals surface area contributed by atoms with Crippen LogP contribution in [0.25, 0.3) is 0 Å². The first-order chi connectivity index (χ1) is 8.50. The Bertz CT molecular complexity index is 653. The Morgan fingerprint density at radius 2 is 2.28 bits per heavy atom. The zero-order valence-corrected chi connectivity index (χ0v) is 11.1. The summed E-state index contributed by atoms with van der Waals surface area (Å²) in [4.78, 5) is 3.70. The van der Waals surface area contributed by atoms with Crippen LogP contribution in [0.1, 0.15) is 11.3 Å². The van der Waals surface area contributed by atoms with Gasteiger partial charge in [0.25, 0.3) is 0 Å². The van der Waals surface area contributed by atoms with Crippen molar-refractivity contribution in [3.05, 3.63) is 40.9 Å². The van der Waals surface area contributed by atoms with Crippen LogP contribution in [0.3, 0.4) is 0 Å². The molecule has 0 aliphatic carbocycles. The first kappa shape index (κ1) is 13.0. The fourth-order valence-corrected chi connectivity index (χ4v) is 2.83. The van der Waals surface area contributed by atoms with Crippen molar-refractivity contribution in [2.24, 2.45) is 0 Å². The average Bonchev–Trinajstić information content (AvgIpc) is 2.73. The zero-order chi connectivity index (χ0) is 13.2. The summed E-state index contributed by atoms with van der Waals surface area (Å²) in [6.07, 6.45) is 3.00. The van der Waals surface area contributed by atoms with Gasteiger partial charge in [-0.25, -0.2) is 18.1 Å². The highest BCUT2D eigenvalue weighted by Gasteiger charge is 2.18. The lowest BCUT2D eigenvalue weighted by Gasteiger charge is -2.06. The smallest absolute Gasteiger partial charge is 0.243 e. The van der Waals surface area contributed by atoms with E-state index in [2.05, 4.69) is 19.9 Å². The minimum atomic E-state index is -3.67. The summed E-state index contributed by atoms with van der Waals surface area (Å²) >= 11 is 5.75. The van der Waals surface area contributed by atoms with Crippen molar-refractivity contribution in [2.45, 2.75) is 18.4 Å². The molecule has 0 aliphatic rings. The fraction of sp³-hybridized carbons (Fsp3) is 0.200. The van der Waals surface area contributed by atoms with Gasteiger partial charge in [0.2, 0.25) is 10.0 Å². The summed E-state index contributed by atoms with van der Waals surface area (Å²) in [5, 5.41) is 6.50. The molecule has 0 fully saturated rings. The number of nitrogens with zero attached hydrogens (tertiary/aromatic N) is 2. The predicted molar refractivity (Wildman–Crippen MR) is 66.6 cm³/mol. The summed E-state index contributed by atoms with van der Waals surface area (Å²) < 4.78 is 26.4. The van der Waals surface area contributed by atoms with Crippen LogP contribution in [0.2, 0.25) is 5.15 Å². The van der Waals surface area contributed by atoms with E-state index in [1.165, 1.54) is 18.3 Å². The molecular weight excluding hydrogens is 276 g/mol. The highest BCUT2D eigenvalue weighted by atomic mass is 35.5. The number of hydrogen-bond acceptors (Lipinski definition) is 4. The molecule has 0 aliphatic heterocycles. The van der Waals surface area contributed by atoms with Gasteiger partial charge in [0, 0.05) is 24.0 Å². The van der Waals surface area contributed by atoms with E-state index in [1.54, 1.807) is 6.20 Å². The molecule has 0 spiro atoms. The molecule has 2 rings (SSSR count). The van der Waals surface area contributed by atoms with Crippen LogP contribution in [0.4, 0.5) is 0 Å². The van der Waals surface area contributed by atoms with E-state index in [9.17, 15) is 8.42 Å². The first-order valence-electron chi connectivity index (χ1n) is 5.10. The van der Waals surface area contributed by atoms with Crippen LogP contribution in [0, 0.1) is 6.92 Å². The summed E-state index contributed by atoms with van der Waals surface area (Å²) in [7, 11) is -3.67. The Hall–Kier alpha value is -1.44. The van der Waals surface area contributed by atoms with Gasteiger partial charge in [-0.3, -0.25) is 5.10 Å². The molecule has 2 N–H and O–H groups in total. The summed E-state index contributed by atoms with van der Waals surface area (Å²) in [5.74, 6) is 0. The fourth-order valence-electron chi connectivity index (χ4n) is 1.38. The Balaban J connectivity index is 2.19. The van der Waals surface area contributed by atoms with Crippen LogP contribution < -0.4 is 4.72 Å². The molecule has 0 bridgehead atoms. The van der Waals surface area contributed by atoms with Gasteiger partial charge in [0.05, 0.1) is 6.20 Å². The molecule has 0 unspecified atom stereocenters. The zero-order valence-electron chi connectivity index (χ0n) is 9.51. The largest absolute Gasteiger partial charge is 0.283 e. The lowest BCUT2D eigenvalue weighted by Crippen LogP contribution is -2.23. The Morgan fingerprint density at radius 1 is 1.50 bits per heavy atom. The van der Waals surface area contributed by atoms with Gasteiger partial charge in [0.1, 0.15) is 10.0 Å². The number of hydrogen-bond donors (Lipinski definition) is 2. The van der Waals surface area contributed by atoms with Crippen molar-refractivity contribution in [3.63, 3.8) is 0 Å². The van der Waals surface area contributed by atoms with Crippen molar-refractivity contribution in [1.82, 2.24) is 19.9 Å². The number of aromatic amines is 1. The number of pyridine rings is 1. The van der Waals surface area contributed by atoms with Crippen molar-refractivity contribution in [2.75, 3.05) is 0 Å². The highest BCUT2D eigenvalue weighted by molar-refractivity contribution is 7.89. The normalized spacial score (nSPS) is 11.7. The number of nitrogens with one attached hydrogen (secondary N) is 2. The van der Waals surface area contributed by atoms with Gasteiger partial charge in [-0.1, -0.05) is 11.6 Å². The molecule has 8 heteroatoms. The van der Waals surface area contributed by atoms with Crippen LogP contribution in [0.15, 0.2) is 29.4 Å². The molecule has 2 aromatic heterocycles. The molecular formula is C10H11ClN4O2S. The van der Waals surface area contributed by atoms with Crippen LogP contribution in [0.5, 0.6) is 0 Å². The minimum absolute atomic E-state index is 0.0344. The molecule has 18 heavy (non-hydrogen) atoms. The maximum atomic E-state index is 12.0. The highest BCUT2D eigenvalue weighted by Crippen LogP contribution is 2.17. The molecule has 96 valence electrons. The van der Waals surface area contributed by atoms with Crippen molar-refractivity contribution in [1.29, 1.82) is 0 Å². The second-order valence-electron chi connectivity index (χ2n) is 3.64. The van der Waals surface area contributed by atoms with E-state index in [0.717, 1.165) is 11.3 Å². The second kappa shape index (κ2) is 5.05. The minimum Gasteiger partial charge on any atom is -0.283 e. The number of aryl methyl sites for hydroxylation is 1. The third-order valence-corrected chi connectivity index (χ3v) is 4.25. The van der Waals surface area contributed by atoms with E-state index >= 15 is 0 Å². The van der Waals surface area contributed by atoms with E-state index in [0.29, 0.717) is 0 Å². The lowest BCUT2D eigenvalue weighted by molar-refractivity contribution is 0.581. The first-order valence-corrected chi connectivity index (χ1v) is 6.96. The van der Waals surface area contributed by atoms with Gasteiger partial charge < -0.3 is 0 Å². The SMILES string of the molecule is Cc1[nH]ncc1CNS(=O)(=O)c1cccnc1Cl. The molecule has 2 heterocycles. The summed E-state index contributed by atoms with van der Waals surface area (Å²) in [6, 6.07) is 2.92. The molecule has 0 saturated carbocycles. The van der Waals surface area contributed by atoms with Crippen molar-refractivity contribution in [3.8, 4) is 0 Å². The monoisotopic (exact) mass is 286 g/mol. The topological polar surface area (TPSA) is 87.7 Å². The molecule has 0 amide bonds. The van der Waals surface area contributed by atoms with E-state index in [-0.39, 0.29) is 16.6 Å². The standard InChI is InChI=1S/C10H11ClN4O2S/c1-7-8(5-13-15-7)6-14-18(16,17)9-3-2-4-12-10(9)11/h2-5,14H,6H2,1H3,(H,13,15). The third-order valence-electron chi connectivity index (χ3n) is 2.40. The number of aromatic nitrogens is 3. The van der Waals surface area contributed by atoms with Crippen molar-refractivity contribution >= 4 is 21.6 Å². The molecule has 0 atom stereocenters. The molecule has 6 nitrogen and oxygen atoms in total. The number of sulfonamides is 1. The summed E-state index contributed by atoms with van der Waals surface area (Å²) in [5.41, 5.74) is 1.59. The molecule has 0 aromatic carbocycles.